The van der Waals surface area contributed by atoms with Crippen LogP contribution < -0.4 is 5.73 Å². The summed E-state index contributed by atoms with van der Waals surface area (Å²) >= 11 is 4.73. The zero-order valence-corrected chi connectivity index (χ0v) is 16.6. The molecular formula is C20H17BrF3NOS. The number of alkyl halides is 3. The van der Waals surface area contributed by atoms with Crippen molar-refractivity contribution in [3.05, 3.63) is 69.0 Å². The molecule has 27 heavy (non-hydrogen) atoms. The van der Waals surface area contributed by atoms with Gasteiger partial charge in [0.2, 0.25) is 0 Å². The molecule has 0 spiro atoms. The monoisotopic (exact) mass is 455 g/mol. The van der Waals surface area contributed by atoms with E-state index in [4.69, 9.17) is 5.73 Å². The number of aryl methyl sites for hydroxylation is 2. The first-order chi connectivity index (χ1) is 12.8. The fraction of sp³-hybridized carbons (Fsp3) is 0.200. The maximum Gasteiger partial charge on any atom is 0.416 e. The Kier molecular flexibility index (Phi) is 5.81. The Hall–Kier alpha value is -1.99. The van der Waals surface area contributed by atoms with Gasteiger partial charge >= 0.3 is 6.18 Å². The molecular weight excluding hydrogens is 439 g/mol. The van der Waals surface area contributed by atoms with Gasteiger partial charge < -0.3 is 10.8 Å². The van der Waals surface area contributed by atoms with Crippen LogP contribution in [-0.2, 0) is 19.0 Å². The molecule has 142 valence electrons. The fourth-order valence-electron chi connectivity index (χ4n) is 2.93. The maximum absolute atomic E-state index is 13.0. The van der Waals surface area contributed by atoms with Gasteiger partial charge in [-0.3, -0.25) is 0 Å². The molecule has 0 bridgehead atoms. The molecule has 1 heterocycles. The molecule has 0 aliphatic rings. The molecule has 0 unspecified atom stereocenters. The molecule has 3 rings (SSSR count). The van der Waals surface area contributed by atoms with Crippen molar-refractivity contribution in [3.63, 3.8) is 0 Å². The number of hydrogen-bond acceptors (Lipinski definition) is 3. The first-order valence-corrected chi connectivity index (χ1v) is 9.89. The second-order valence-corrected chi connectivity index (χ2v) is 8.13. The topological polar surface area (TPSA) is 46.2 Å². The summed E-state index contributed by atoms with van der Waals surface area (Å²) in [6.07, 6.45) is -2.24. The summed E-state index contributed by atoms with van der Waals surface area (Å²) in [7, 11) is 0. The Morgan fingerprint density at radius 2 is 1.78 bits per heavy atom. The van der Waals surface area contributed by atoms with E-state index in [-0.39, 0.29) is 16.9 Å². The van der Waals surface area contributed by atoms with E-state index >= 15 is 0 Å². The predicted octanol–water partition coefficient (Wildman–Crippen LogP) is 6.66. The Balaban J connectivity index is 1.80. The first kappa shape index (κ1) is 19.8. The van der Waals surface area contributed by atoms with Crippen LogP contribution in [0, 0.1) is 0 Å². The third-order valence-electron chi connectivity index (χ3n) is 4.27. The summed E-state index contributed by atoms with van der Waals surface area (Å²) < 4.78 is 39.9. The van der Waals surface area contributed by atoms with E-state index in [0.717, 1.165) is 29.4 Å². The normalized spacial score (nSPS) is 11.7. The molecule has 0 atom stereocenters. The van der Waals surface area contributed by atoms with Crippen LogP contribution in [0.25, 0.3) is 11.1 Å². The molecule has 0 saturated carbocycles. The number of anilines is 1. The Bertz CT molecular complexity index is 953. The van der Waals surface area contributed by atoms with E-state index in [9.17, 15) is 18.3 Å². The minimum atomic E-state index is -4.44. The summed E-state index contributed by atoms with van der Waals surface area (Å²) in [6, 6.07) is 12.8. The number of thiophene rings is 1. The van der Waals surface area contributed by atoms with E-state index in [1.807, 2.05) is 24.3 Å². The van der Waals surface area contributed by atoms with Crippen LogP contribution in [0.15, 0.2) is 53.0 Å². The fourth-order valence-corrected chi connectivity index (χ4v) is 4.44. The van der Waals surface area contributed by atoms with Crippen molar-refractivity contribution in [1.29, 1.82) is 0 Å². The zero-order valence-electron chi connectivity index (χ0n) is 14.2. The van der Waals surface area contributed by atoms with Gasteiger partial charge in [-0.1, -0.05) is 46.3 Å². The summed E-state index contributed by atoms with van der Waals surface area (Å²) in [5.74, 6) is -0.0241. The highest BCUT2D eigenvalue weighted by Crippen LogP contribution is 2.45. The number of rotatable bonds is 5. The molecule has 0 fully saturated rings. The van der Waals surface area contributed by atoms with Crippen molar-refractivity contribution in [2.75, 3.05) is 5.73 Å². The highest BCUT2D eigenvalue weighted by molar-refractivity contribution is 9.10. The number of nitrogens with two attached hydrogens (primary N) is 1. The Labute approximate surface area is 167 Å². The van der Waals surface area contributed by atoms with Crippen molar-refractivity contribution in [2.45, 2.75) is 25.4 Å². The molecule has 2 nitrogen and oxygen atoms in total. The number of benzene rings is 2. The standard InChI is InChI=1S/C20H17BrF3NOS/c21-15-9-2-1-5-12(15)6-4-10-16-18(26)17(19(25)27-16)13-7-3-8-14(11-13)20(22,23)24/h1-3,5,7-9,11,26H,4,6,10,25H2. The minimum Gasteiger partial charge on any atom is -0.506 e. The minimum absolute atomic E-state index is 0.0241. The van der Waals surface area contributed by atoms with Gasteiger partial charge in [-0.05, 0) is 48.6 Å². The quantitative estimate of drug-likeness (QED) is 0.451. The van der Waals surface area contributed by atoms with E-state index < -0.39 is 11.7 Å². The SMILES string of the molecule is Nc1sc(CCCc2ccccc2Br)c(O)c1-c1cccc(C(F)(F)F)c1. The second kappa shape index (κ2) is 7.94. The van der Waals surface area contributed by atoms with Gasteiger partial charge in [0.25, 0.3) is 0 Å². The maximum atomic E-state index is 13.0. The van der Waals surface area contributed by atoms with Gasteiger partial charge in [-0.2, -0.15) is 13.2 Å². The summed E-state index contributed by atoms with van der Waals surface area (Å²) in [4.78, 5) is 0.687. The molecule has 0 radical (unpaired) electrons. The molecule has 3 N–H and O–H groups in total. The van der Waals surface area contributed by atoms with Crippen LogP contribution in [0.2, 0.25) is 0 Å². The summed E-state index contributed by atoms with van der Waals surface area (Å²) in [5, 5.41) is 10.9. The lowest BCUT2D eigenvalue weighted by atomic mass is 10.0. The van der Waals surface area contributed by atoms with Crippen LogP contribution in [0.3, 0.4) is 0 Å². The van der Waals surface area contributed by atoms with Crippen LogP contribution in [0.4, 0.5) is 18.2 Å². The van der Waals surface area contributed by atoms with Gasteiger partial charge in [-0.25, -0.2) is 0 Å². The lowest BCUT2D eigenvalue weighted by molar-refractivity contribution is -0.137. The molecule has 1 aromatic heterocycles. The third-order valence-corrected chi connectivity index (χ3v) is 6.11. The van der Waals surface area contributed by atoms with E-state index in [2.05, 4.69) is 15.9 Å². The lowest BCUT2D eigenvalue weighted by Gasteiger charge is -2.09. The van der Waals surface area contributed by atoms with Gasteiger partial charge in [0.1, 0.15) is 5.75 Å². The van der Waals surface area contributed by atoms with Crippen molar-refractivity contribution in [1.82, 2.24) is 0 Å². The van der Waals surface area contributed by atoms with Crippen molar-refractivity contribution >= 4 is 32.3 Å². The molecule has 0 aliphatic heterocycles. The van der Waals surface area contributed by atoms with Gasteiger partial charge in [0.15, 0.2) is 0 Å². The number of nitrogen functional groups attached to an aromatic ring is 1. The van der Waals surface area contributed by atoms with Gasteiger partial charge in [0, 0.05) is 9.35 Å². The molecule has 3 aromatic rings. The highest BCUT2D eigenvalue weighted by atomic mass is 79.9. The summed E-state index contributed by atoms with van der Waals surface area (Å²) in [6.45, 7) is 0. The number of aromatic hydroxyl groups is 1. The van der Waals surface area contributed by atoms with E-state index in [1.165, 1.54) is 29.0 Å². The number of halogens is 4. The molecule has 0 saturated heterocycles. The average Bonchev–Trinajstić information content (AvgIpc) is 2.90. The first-order valence-electron chi connectivity index (χ1n) is 8.28. The second-order valence-electron chi connectivity index (χ2n) is 6.14. The number of hydrogen-bond donors (Lipinski definition) is 2. The van der Waals surface area contributed by atoms with Crippen molar-refractivity contribution in [3.8, 4) is 16.9 Å². The highest BCUT2D eigenvalue weighted by Gasteiger charge is 2.31. The van der Waals surface area contributed by atoms with Crippen LogP contribution in [-0.4, -0.2) is 5.11 Å². The smallest absolute Gasteiger partial charge is 0.416 e. The van der Waals surface area contributed by atoms with Crippen LogP contribution in [0.1, 0.15) is 22.4 Å². The Morgan fingerprint density at radius 3 is 2.48 bits per heavy atom. The lowest BCUT2D eigenvalue weighted by Crippen LogP contribution is -2.04. The van der Waals surface area contributed by atoms with Gasteiger partial charge in [0.05, 0.1) is 16.1 Å². The van der Waals surface area contributed by atoms with Gasteiger partial charge in [-0.15, -0.1) is 11.3 Å². The zero-order chi connectivity index (χ0) is 19.6. The molecule has 0 aliphatic carbocycles. The van der Waals surface area contributed by atoms with E-state index in [1.54, 1.807) is 0 Å². The summed E-state index contributed by atoms with van der Waals surface area (Å²) in [5.41, 5.74) is 6.96. The predicted molar refractivity (Wildman–Crippen MR) is 107 cm³/mol. The Morgan fingerprint density at radius 1 is 1.04 bits per heavy atom. The van der Waals surface area contributed by atoms with Crippen LogP contribution in [0.5, 0.6) is 5.75 Å². The largest absolute Gasteiger partial charge is 0.506 e. The van der Waals surface area contributed by atoms with Crippen molar-refractivity contribution < 1.29 is 18.3 Å². The van der Waals surface area contributed by atoms with Crippen LogP contribution >= 0.6 is 27.3 Å². The molecule has 2 aromatic carbocycles. The van der Waals surface area contributed by atoms with E-state index in [0.29, 0.717) is 16.3 Å². The average molecular weight is 456 g/mol. The van der Waals surface area contributed by atoms with Crippen molar-refractivity contribution in [2.24, 2.45) is 0 Å². The third kappa shape index (κ3) is 4.47. The molecule has 0 amide bonds. The molecule has 7 heteroatoms.